The summed E-state index contributed by atoms with van der Waals surface area (Å²) in [5, 5.41) is 9.52. The zero-order valence-electron chi connectivity index (χ0n) is 13.1. The van der Waals surface area contributed by atoms with E-state index in [2.05, 4.69) is 13.0 Å². The first kappa shape index (κ1) is 15.6. The van der Waals surface area contributed by atoms with Gasteiger partial charge < -0.3 is 4.74 Å². The SMILES string of the molecule is COc1ccc(C)cc1C(C#N)C(=O)C1CCC(C)CC1. The normalized spacial score (nSPS) is 23.1. The van der Waals surface area contributed by atoms with Gasteiger partial charge in [0.1, 0.15) is 11.7 Å². The molecule has 1 aromatic carbocycles. The number of nitriles is 1. The lowest BCUT2D eigenvalue weighted by Gasteiger charge is -2.27. The molecule has 3 heteroatoms. The topological polar surface area (TPSA) is 50.1 Å². The van der Waals surface area contributed by atoms with E-state index in [4.69, 9.17) is 4.74 Å². The van der Waals surface area contributed by atoms with Crippen LogP contribution in [0.15, 0.2) is 18.2 Å². The lowest BCUT2D eigenvalue weighted by molar-refractivity contribution is -0.124. The van der Waals surface area contributed by atoms with E-state index >= 15 is 0 Å². The average Bonchev–Trinajstić information content (AvgIpc) is 2.49. The fourth-order valence-electron chi connectivity index (χ4n) is 3.15. The standard InChI is InChI=1S/C18H23NO2/c1-12-4-7-14(8-5-12)18(20)16(11-19)15-10-13(2)6-9-17(15)21-3/h6,9-10,12,14,16H,4-5,7-8H2,1-3H3. The van der Waals surface area contributed by atoms with Crippen molar-refractivity contribution in [2.75, 3.05) is 7.11 Å². The number of benzene rings is 1. The van der Waals surface area contributed by atoms with Gasteiger partial charge in [-0.15, -0.1) is 0 Å². The number of Topliss-reactive ketones (excluding diaryl/α,β-unsaturated/α-hetero) is 1. The van der Waals surface area contributed by atoms with Crippen LogP contribution < -0.4 is 4.74 Å². The third-order valence-electron chi connectivity index (χ3n) is 4.53. The molecule has 1 saturated carbocycles. The van der Waals surface area contributed by atoms with Crippen molar-refractivity contribution in [2.24, 2.45) is 11.8 Å². The van der Waals surface area contributed by atoms with Crippen molar-refractivity contribution in [1.82, 2.24) is 0 Å². The lowest BCUT2D eigenvalue weighted by Crippen LogP contribution is -2.25. The molecule has 0 aromatic heterocycles. The van der Waals surface area contributed by atoms with Gasteiger partial charge in [0.25, 0.3) is 0 Å². The Balaban J connectivity index is 2.25. The molecule has 21 heavy (non-hydrogen) atoms. The summed E-state index contributed by atoms with van der Waals surface area (Å²) in [5.74, 6) is 0.704. The number of ether oxygens (including phenoxy) is 1. The van der Waals surface area contributed by atoms with Crippen LogP contribution in [0.4, 0.5) is 0 Å². The minimum absolute atomic E-state index is 0.0241. The molecular formula is C18H23NO2. The molecule has 3 nitrogen and oxygen atoms in total. The summed E-state index contributed by atoms with van der Waals surface area (Å²) in [4.78, 5) is 12.7. The molecule has 1 atom stereocenters. The molecule has 1 unspecified atom stereocenters. The Morgan fingerprint density at radius 3 is 2.57 bits per heavy atom. The minimum atomic E-state index is -0.710. The number of carbonyl (C=O) groups excluding carboxylic acids is 1. The molecule has 0 saturated heterocycles. The number of hydrogen-bond donors (Lipinski definition) is 0. The molecule has 0 bridgehead atoms. The van der Waals surface area contributed by atoms with E-state index < -0.39 is 5.92 Å². The molecule has 0 radical (unpaired) electrons. The van der Waals surface area contributed by atoms with Crippen LogP contribution in [0.25, 0.3) is 0 Å². The maximum absolute atomic E-state index is 12.7. The predicted octanol–water partition coefficient (Wildman–Crippen LogP) is 4.01. The zero-order chi connectivity index (χ0) is 15.4. The Morgan fingerprint density at radius 1 is 1.33 bits per heavy atom. The molecule has 2 rings (SSSR count). The maximum atomic E-state index is 12.7. The second-order valence-electron chi connectivity index (χ2n) is 6.17. The van der Waals surface area contributed by atoms with Gasteiger partial charge in [0.15, 0.2) is 5.78 Å². The van der Waals surface area contributed by atoms with Gasteiger partial charge in [0, 0.05) is 11.5 Å². The van der Waals surface area contributed by atoms with Crippen molar-refractivity contribution >= 4 is 5.78 Å². The molecule has 1 aliphatic carbocycles. The van der Waals surface area contributed by atoms with Crippen LogP contribution in [0.1, 0.15) is 49.7 Å². The fraction of sp³-hybridized carbons (Fsp3) is 0.556. The number of ketones is 1. The first-order chi connectivity index (χ1) is 10.1. The molecule has 1 fully saturated rings. The van der Waals surface area contributed by atoms with Gasteiger partial charge in [0.05, 0.1) is 13.2 Å². The van der Waals surface area contributed by atoms with Crippen molar-refractivity contribution in [3.05, 3.63) is 29.3 Å². The van der Waals surface area contributed by atoms with Crippen molar-refractivity contribution in [3.8, 4) is 11.8 Å². The Kier molecular flexibility index (Phi) is 5.01. The Morgan fingerprint density at radius 2 is 2.00 bits per heavy atom. The molecule has 1 aliphatic rings. The summed E-state index contributed by atoms with van der Waals surface area (Å²) in [6.07, 6.45) is 3.98. The second-order valence-corrected chi connectivity index (χ2v) is 6.17. The Hall–Kier alpha value is -1.82. The smallest absolute Gasteiger partial charge is 0.157 e. The molecular weight excluding hydrogens is 262 g/mol. The highest BCUT2D eigenvalue weighted by Gasteiger charge is 2.32. The number of aryl methyl sites for hydroxylation is 1. The van der Waals surface area contributed by atoms with Crippen molar-refractivity contribution in [2.45, 2.75) is 45.4 Å². The van der Waals surface area contributed by atoms with E-state index in [0.29, 0.717) is 17.2 Å². The number of nitrogens with zero attached hydrogens (tertiary/aromatic N) is 1. The molecule has 112 valence electrons. The third-order valence-corrected chi connectivity index (χ3v) is 4.53. The van der Waals surface area contributed by atoms with Crippen LogP contribution >= 0.6 is 0 Å². The van der Waals surface area contributed by atoms with E-state index in [1.807, 2.05) is 25.1 Å². The van der Waals surface area contributed by atoms with E-state index in [0.717, 1.165) is 31.2 Å². The van der Waals surface area contributed by atoms with Gasteiger partial charge in [-0.3, -0.25) is 4.79 Å². The summed E-state index contributed by atoms with van der Waals surface area (Å²) < 4.78 is 5.33. The van der Waals surface area contributed by atoms with Crippen molar-refractivity contribution in [1.29, 1.82) is 5.26 Å². The molecule has 0 heterocycles. The summed E-state index contributed by atoms with van der Waals surface area (Å²) in [5.41, 5.74) is 1.75. The van der Waals surface area contributed by atoms with E-state index in [1.54, 1.807) is 7.11 Å². The Bertz CT molecular complexity index is 551. The van der Waals surface area contributed by atoms with E-state index in [-0.39, 0.29) is 11.7 Å². The number of carbonyl (C=O) groups is 1. The number of hydrogen-bond acceptors (Lipinski definition) is 3. The maximum Gasteiger partial charge on any atom is 0.157 e. The van der Waals surface area contributed by atoms with Gasteiger partial charge in [-0.05, 0) is 31.7 Å². The largest absolute Gasteiger partial charge is 0.496 e. The monoisotopic (exact) mass is 285 g/mol. The average molecular weight is 285 g/mol. The minimum Gasteiger partial charge on any atom is -0.496 e. The van der Waals surface area contributed by atoms with Gasteiger partial charge >= 0.3 is 0 Å². The van der Waals surface area contributed by atoms with Crippen LogP contribution in [-0.4, -0.2) is 12.9 Å². The van der Waals surface area contributed by atoms with Gasteiger partial charge in [-0.25, -0.2) is 0 Å². The summed E-state index contributed by atoms with van der Waals surface area (Å²) in [7, 11) is 1.58. The quantitative estimate of drug-likeness (QED) is 0.840. The van der Waals surface area contributed by atoms with Gasteiger partial charge in [-0.2, -0.15) is 5.26 Å². The van der Waals surface area contributed by atoms with Crippen LogP contribution in [0.3, 0.4) is 0 Å². The highest BCUT2D eigenvalue weighted by atomic mass is 16.5. The van der Waals surface area contributed by atoms with E-state index in [1.165, 1.54) is 0 Å². The zero-order valence-corrected chi connectivity index (χ0v) is 13.1. The van der Waals surface area contributed by atoms with Crippen molar-refractivity contribution in [3.63, 3.8) is 0 Å². The number of rotatable bonds is 4. The molecule has 0 spiro atoms. The number of methoxy groups -OCH3 is 1. The second kappa shape index (κ2) is 6.76. The highest BCUT2D eigenvalue weighted by molar-refractivity contribution is 5.91. The van der Waals surface area contributed by atoms with Crippen molar-refractivity contribution < 1.29 is 9.53 Å². The summed E-state index contributed by atoms with van der Waals surface area (Å²) in [6.45, 7) is 4.19. The highest BCUT2D eigenvalue weighted by Crippen LogP contribution is 2.35. The molecule has 0 amide bonds. The van der Waals surface area contributed by atoms with Crippen LogP contribution in [0.2, 0.25) is 0 Å². The summed E-state index contributed by atoms with van der Waals surface area (Å²) in [6, 6.07) is 7.87. The first-order valence-corrected chi connectivity index (χ1v) is 7.64. The van der Waals surface area contributed by atoms with Gasteiger partial charge in [-0.1, -0.05) is 37.5 Å². The third kappa shape index (κ3) is 3.44. The lowest BCUT2D eigenvalue weighted by atomic mass is 9.76. The first-order valence-electron chi connectivity index (χ1n) is 7.64. The van der Waals surface area contributed by atoms with Crippen LogP contribution in [0, 0.1) is 30.1 Å². The summed E-state index contributed by atoms with van der Waals surface area (Å²) >= 11 is 0. The predicted molar refractivity (Wildman–Crippen MR) is 82.2 cm³/mol. The Labute approximate surface area is 126 Å². The van der Waals surface area contributed by atoms with Crippen LogP contribution in [-0.2, 0) is 4.79 Å². The molecule has 0 aliphatic heterocycles. The molecule has 0 N–H and O–H groups in total. The fourth-order valence-corrected chi connectivity index (χ4v) is 3.15. The van der Waals surface area contributed by atoms with Crippen LogP contribution in [0.5, 0.6) is 5.75 Å². The van der Waals surface area contributed by atoms with E-state index in [9.17, 15) is 10.1 Å². The van der Waals surface area contributed by atoms with Gasteiger partial charge in [0.2, 0.25) is 0 Å². The molecule has 1 aromatic rings.